The van der Waals surface area contributed by atoms with Crippen LogP contribution in [0, 0.1) is 0 Å². The first-order valence-electron chi connectivity index (χ1n) is 10.2. The van der Waals surface area contributed by atoms with Crippen molar-refractivity contribution < 1.29 is 9.53 Å². The monoisotopic (exact) mass is 468 g/mol. The molecular formula is C24H22Cl2N4O2. The molecule has 1 unspecified atom stereocenters. The fraction of sp³-hybridized carbons (Fsp3) is 0.208. The smallest absolute Gasteiger partial charge is 0.265 e. The highest BCUT2D eigenvalue weighted by molar-refractivity contribution is 6.35. The minimum atomic E-state index is -0.764. The number of halogens is 2. The Hall–Kier alpha value is -3.09. The molecule has 3 aromatic carbocycles. The Morgan fingerprint density at radius 3 is 2.34 bits per heavy atom. The fourth-order valence-electron chi connectivity index (χ4n) is 3.16. The molecule has 0 spiro atoms. The number of benzene rings is 3. The van der Waals surface area contributed by atoms with E-state index in [1.807, 2.05) is 18.2 Å². The summed E-state index contributed by atoms with van der Waals surface area (Å²) in [6, 6.07) is 18.4. The van der Waals surface area contributed by atoms with Crippen molar-refractivity contribution in [1.29, 1.82) is 0 Å². The van der Waals surface area contributed by atoms with Crippen molar-refractivity contribution in [2.75, 3.05) is 5.32 Å². The van der Waals surface area contributed by atoms with Gasteiger partial charge in [0, 0.05) is 10.7 Å². The molecule has 1 heterocycles. The van der Waals surface area contributed by atoms with Gasteiger partial charge in [0.25, 0.3) is 5.91 Å². The second-order valence-electron chi connectivity index (χ2n) is 7.76. The Balaban J connectivity index is 1.48. The lowest BCUT2D eigenvalue weighted by Crippen LogP contribution is -2.30. The largest absolute Gasteiger partial charge is 0.479 e. The van der Waals surface area contributed by atoms with Crippen LogP contribution in [0.5, 0.6) is 5.75 Å². The molecule has 0 radical (unpaired) electrons. The molecule has 32 heavy (non-hydrogen) atoms. The molecule has 164 valence electrons. The van der Waals surface area contributed by atoms with Gasteiger partial charge in [0.15, 0.2) is 6.10 Å². The van der Waals surface area contributed by atoms with E-state index >= 15 is 0 Å². The summed E-state index contributed by atoms with van der Waals surface area (Å²) in [5.41, 5.74) is 4.13. The molecule has 0 saturated heterocycles. The molecule has 0 aliphatic heterocycles. The van der Waals surface area contributed by atoms with Crippen molar-refractivity contribution in [2.45, 2.75) is 32.8 Å². The summed E-state index contributed by atoms with van der Waals surface area (Å²) >= 11 is 12.0. The second kappa shape index (κ2) is 9.18. The number of hydrogen-bond acceptors (Lipinski definition) is 4. The van der Waals surface area contributed by atoms with Crippen molar-refractivity contribution in [2.24, 2.45) is 0 Å². The minimum absolute atomic E-state index is 0.313. The fourth-order valence-corrected chi connectivity index (χ4v) is 3.61. The number of amides is 1. The summed E-state index contributed by atoms with van der Waals surface area (Å²) in [4.78, 5) is 14.2. The summed E-state index contributed by atoms with van der Waals surface area (Å²) in [6.45, 7) is 5.96. The van der Waals surface area contributed by atoms with E-state index in [0.717, 1.165) is 11.2 Å². The molecule has 4 rings (SSSR count). The molecule has 1 amide bonds. The highest BCUT2D eigenvalue weighted by Gasteiger charge is 2.17. The van der Waals surface area contributed by atoms with E-state index in [2.05, 4.69) is 41.5 Å². The van der Waals surface area contributed by atoms with E-state index in [4.69, 9.17) is 27.9 Å². The van der Waals surface area contributed by atoms with Crippen LogP contribution in [0.2, 0.25) is 10.0 Å². The van der Waals surface area contributed by atoms with E-state index in [1.165, 1.54) is 5.56 Å². The molecule has 4 aromatic rings. The maximum absolute atomic E-state index is 12.6. The number of anilines is 1. The predicted octanol–water partition coefficient (Wildman–Crippen LogP) is 6.26. The molecule has 0 aliphatic rings. The van der Waals surface area contributed by atoms with Gasteiger partial charge in [0.05, 0.1) is 10.7 Å². The van der Waals surface area contributed by atoms with Gasteiger partial charge in [-0.2, -0.15) is 4.80 Å². The van der Waals surface area contributed by atoms with Gasteiger partial charge in [-0.05, 0) is 66.9 Å². The number of nitrogens with zero attached hydrogens (tertiary/aromatic N) is 3. The van der Waals surface area contributed by atoms with E-state index in [0.29, 0.717) is 32.9 Å². The molecule has 1 aromatic heterocycles. The normalized spacial score (nSPS) is 12.2. The number of carbonyl (C=O) groups excluding carboxylic acids is 1. The van der Waals surface area contributed by atoms with Gasteiger partial charge < -0.3 is 10.1 Å². The first-order valence-corrected chi connectivity index (χ1v) is 11.0. The van der Waals surface area contributed by atoms with Gasteiger partial charge in [0.1, 0.15) is 16.8 Å². The predicted molar refractivity (Wildman–Crippen MR) is 128 cm³/mol. The molecule has 0 aliphatic carbocycles. The Kier molecular flexibility index (Phi) is 6.35. The second-order valence-corrected chi connectivity index (χ2v) is 8.61. The molecule has 8 heteroatoms. The average molecular weight is 469 g/mol. The van der Waals surface area contributed by atoms with Gasteiger partial charge in [-0.3, -0.25) is 4.79 Å². The summed E-state index contributed by atoms with van der Waals surface area (Å²) in [5, 5.41) is 12.8. The van der Waals surface area contributed by atoms with E-state index in [-0.39, 0.29) is 5.91 Å². The number of ether oxygens (including phenoxy) is 1. The first kappa shape index (κ1) is 22.1. The van der Waals surface area contributed by atoms with Gasteiger partial charge in [-0.25, -0.2) is 0 Å². The molecule has 0 bridgehead atoms. The molecule has 6 nitrogen and oxygen atoms in total. The highest BCUT2D eigenvalue weighted by atomic mass is 35.5. The molecular weight excluding hydrogens is 447 g/mol. The Bertz CT molecular complexity index is 1270. The number of carbonyl (C=O) groups is 1. The van der Waals surface area contributed by atoms with Crippen LogP contribution < -0.4 is 10.1 Å². The number of rotatable bonds is 6. The van der Waals surface area contributed by atoms with Crippen LogP contribution in [0.25, 0.3) is 16.7 Å². The first-order chi connectivity index (χ1) is 15.3. The van der Waals surface area contributed by atoms with Crippen LogP contribution in [0.3, 0.4) is 0 Å². The standard InChI is InChI=1S/C24H22Cl2N4O2/c1-14(2)16-4-8-19(9-5-16)30-28-21-10-7-18(13-22(21)29-30)27-24(31)15(3)32-23-11-6-17(25)12-20(23)26/h4-15H,1-3H3,(H,27,31). The number of hydrogen-bond donors (Lipinski definition) is 1. The van der Waals surface area contributed by atoms with Crippen molar-refractivity contribution in [3.63, 3.8) is 0 Å². The van der Waals surface area contributed by atoms with Crippen molar-refractivity contribution in [3.05, 3.63) is 76.3 Å². The Morgan fingerprint density at radius 2 is 1.66 bits per heavy atom. The number of fused-ring (bicyclic) bond motifs is 1. The Morgan fingerprint density at radius 1 is 0.938 bits per heavy atom. The number of nitrogens with one attached hydrogen (secondary N) is 1. The molecule has 0 fully saturated rings. The molecule has 1 N–H and O–H groups in total. The van der Waals surface area contributed by atoms with Crippen LogP contribution in [0.1, 0.15) is 32.3 Å². The maximum Gasteiger partial charge on any atom is 0.265 e. The quantitative estimate of drug-likeness (QED) is 0.362. The SMILES string of the molecule is CC(Oc1ccc(Cl)cc1Cl)C(=O)Nc1ccc2nn(-c3ccc(C(C)C)cc3)nc2c1. The van der Waals surface area contributed by atoms with Crippen molar-refractivity contribution in [1.82, 2.24) is 15.0 Å². The zero-order valence-corrected chi connectivity index (χ0v) is 19.4. The third-order valence-electron chi connectivity index (χ3n) is 5.01. The van der Waals surface area contributed by atoms with E-state index in [9.17, 15) is 4.79 Å². The number of aromatic nitrogens is 3. The lowest BCUT2D eigenvalue weighted by molar-refractivity contribution is -0.122. The van der Waals surface area contributed by atoms with E-state index in [1.54, 1.807) is 42.1 Å². The summed E-state index contributed by atoms with van der Waals surface area (Å²) < 4.78 is 5.68. The van der Waals surface area contributed by atoms with Crippen molar-refractivity contribution >= 4 is 45.8 Å². The summed E-state index contributed by atoms with van der Waals surface area (Å²) in [7, 11) is 0. The van der Waals surface area contributed by atoms with Gasteiger partial charge >= 0.3 is 0 Å². The van der Waals surface area contributed by atoms with Crippen LogP contribution in [0.4, 0.5) is 5.69 Å². The Labute approximate surface area is 196 Å². The third kappa shape index (κ3) is 4.87. The average Bonchev–Trinajstić information content (AvgIpc) is 3.19. The lowest BCUT2D eigenvalue weighted by atomic mass is 10.0. The highest BCUT2D eigenvalue weighted by Crippen LogP contribution is 2.28. The zero-order chi connectivity index (χ0) is 22.8. The van der Waals surface area contributed by atoms with Crippen LogP contribution >= 0.6 is 23.2 Å². The maximum atomic E-state index is 12.6. The molecule has 1 atom stereocenters. The van der Waals surface area contributed by atoms with E-state index < -0.39 is 6.10 Å². The third-order valence-corrected chi connectivity index (χ3v) is 5.54. The van der Waals surface area contributed by atoms with Crippen LogP contribution in [-0.4, -0.2) is 27.0 Å². The van der Waals surface area contributed by atoms with Gasteiger partial charge in [-0.1, -0.05) is 49.2 Å². The molecule has 0 saturated carbocycles. The van der Waals surface area contributed by atoms with Gasteiger partial charge in [-0.15, -0.1) is 10.2 Å². The lowest BCUT2D eigenvalue weighted by Gasteiger charge is -2.15. The van der Waals surface area contributed by atoms with Crippen LogP contribution in [0.15, 0.2) is 60.7 Å². The van der Waals surface area contributed by atoms with Gasteiger partial charge in [0.2, 0.25) is 0 Å². The summed E-state index contributed by atoms with van der Waals surface area (Å²) in [5.74, 6) is 0.537. The topological polar surface area (TPSA) is 69.0 Å². The zero-order valence-electron chi connectivity index (χ0n) is 17.8. The minimum Gasteiger partial charge on any atom is -0.479 e. The van der Waals surface area contributed by atoms with Crippen molar-refractivity contribution in [3.8, 4) is 11.4 Å². The summed E-state index contributed by atoms with van der Waals surface area (Å²) in [6.07, 6.45) is -0.764. The van der Waals surface area contributed by atoms with Crippen LogP contribution in [-0.2, 0) is 4.79 Å².